The summed E-state index contributed by atoms with van der Waals surface area (Å²) in [7, 11) is -2.35. The maximum absolute atomic E-state index is 11.4. The molecule has 0 amide bonds. The van der Waals surface area contributed by atoms with Crippen molar-refractivity contribution in [3.05, 3.63) is 0 Å². The molecule has 2 nitrogen and oxygen atoms in total. The highest BCUT2D eigenvalue weighted by Gasteiger charge is 2.51. The van der Waals surface area contributed by atoms with Crippen LogP contribution in [0.3, 0.4) is 0 Å². The molecule has 2 aliphatic rings. The van der Waals surface area contributed by atoms with E-state index in [1.54, 1.807) is 0 Å². The van der Waals surface area contributed by atoms with Crippen molar-refractivity contribution in [2.45, 2.75) is 63.6 Å². The van der Waals surface area contributed by atoms with Gasteiger partial charge in [0.2, 0.25) is 0 Å². The number of thiol groups is 1. The summed E-state index contributed by atoms with van der Waals surface area (Å²) in [5.74, 6) is 0.235. The van der Waals surface area contributed by atoms with Crippen molar-refractivity contribution in [1.82, 2.24) is 4.23 Å². The van der Waals surface area contributed by atoms with Crippen molar-refractivity contribution in [1.29, 1.82) is 0 Å². The van der Waals surface area contributed by atoms with Crippen LogP contribution in [-0.2, 0) is 4.79 Å². The Kier molecular flexibility index (Phi) is 3.67. The van der Waals surface area contributed by atoms with Crippen molar-refractivity contribution in [2.24, 2.45) is 5.92 Å². The molecule has 1 aliphatic carbocycles. The standard InChI is InChI=1S/C12H25NOSSi2/c1-16(2)7-8-17(3,4)13(16)11-6-5-10(9-11)12(14)15/h10-11H,5-9H2,1-4H3,(H,14,15). The van der Waals surface area contributed by atoms with Crippen molar-refractivity contribution < 1.29 is 4.79 Å². The smallest absolute Gasteiger partial charge is 0.189 e. The third-order valence-corrected chi connectivity index (χ3v) is 15.6. The minimum absolute atomic E-state index is 0.116. The number of hydrogen-bond acceptors (Lipinski definition) is 2. The molecule has 2 fully saturated rings. The molecule has 2 rings (SSSR count). The van der Waals surface area contributed by atoms with Gasteiger partial charge in [0.05, 0.1) is 0 Å². The third-order valence-electron chi connectivity index (χ3n) is 4.77. The highest BCUT2D eigenvalue weighted by Crippen LogP contribution is 2.43. The number of carbonyl (C=O) groups excluding carboxylic acids is 1. The predicted octanol–water partition coefficient (Wildman–Crippen LogP) is 3.34. The maximum atomic E-state index is 11.4. The number of nitrogens with zero attached hydrogens (tertiary/aromatic N) is 1. The Balaban J connectivity index is 2.14. The Bertz CT molecular complexity index is 316. The van der Waals surface area contributed by atoms with Crippen LogP contribution in [0.25, 0.3) is 0 Å². The van der Waals surface area contributed by atoms with Crippen LogP contribution in [0.5, 0.6) is 0 Å². The number of rotatable bonds is 2. The molecule has 1 saturated heterocycles. The molecule has 1 heterocycles. The lowest BCUT2D eigenvalue weighted by Crippen LogP contribution is -2.59. The van der Waals surface area contributed by atoms with Crippen LogP contribution in [-0.4, -0.2) is 31.9 Å². The van der Waals surface area contributed by atoms with E-state index in [4.69, 9.17) is 0 Å². The minimum atomic E-state index is -1.18. The van der Waals surface area contributed by atoms with Gasteiger partial charge in [-0.3, -0.25) is 4.79 Å². The third kappa shape index (κ3) is 2.57. The average Bonchev–Trinajstić information content (AvgIpc) is 2.70. The highest BCUT2D eigenvalue weighted by molar-refractivity contribution is 7.96. The molecule has 0 radical (unpaired) electrons. The van der Waals surface area contributed by atoms with Gasteiger partial charge in [0.25, 0.3) is 0 Å². The van der Waals surface area contributed by atoms with Crippen molar-refractivity contribution in [3.63, 3.8) is 0 Å². The molecular formula is C12H25NOSSi2. The second kappa shape index (κ2) is 4.51. The van der Waals surface area contributed by atoms with Gasteiger partial charge in [-0.05, 0) is 37.4 Å². The largest absolute Gasteiger partial charge is 0.343 e. The summed E-state index contributed by atoms with van der Waals surface area (Å²) < 4.78 is 2.96. The second-order valence-electron chi connectivity index (χ2n) is 7.00. The van der Waals surface area contributed by atoms with Gasteiger partial charge in [-0.2, -0.15) is 0 Å². The van der Waals surface area contributed by atoms with Crippen LogP contribution in [0.15, 0.2) is 0 Å². The molecule has 0 aromatic heterocycles. The van der Waals surface area contributed by atoms with Crippen LogP contribution in [0.1, 0.15) is 19.3 Å². The molecule has 0 aromatic carbocycles. The van der Waals surface area contributed by atoms with Gasteiger partial charge in [0, 0.05) is 5.92 Å². The van der Waals surface area contributed by atoms with Crippen molar-refractivity contribution in [2.75, 3.05) is 0 Å². The van der Waals surface area contributed by atoms with Crippen LogP contribution in [0, 0.1) is 5.92 Å². The molecule has 0 bridgehead atoms. The molecule has 17 heavy (non-hydrogen) atoms. The SMILES string of the molecule is C[Si]1(C)CC[Si](C)(C)N1C1CCC(C(=O)S)C1. The lowest BCUT2D eigenvalue weighted by atomic mass is 10.1. The molecule has 1 aliphatic heterocycles. The summed E-state index contributed by atoms with van der Waals surface area (Å²) in [6.45, 7) is 10.1. The zero-order valence-electron chi connectivity index (χ0n) is 11.5. The molecule has 98 valence electrons. The molecule has 0 N–H and O–H groups in total. The minimum Gasteiger partial charge on any atom is -0.343 e. The first-order chi connectivity index (χ1) is 7.74. The Morgan fingerprint density at radius 1 is 1.12 bits per heavy atom. The molecule has 1 saturated carbocycles. The van der Waals surface area contributed by atoms with Crippen LogP contribution < -0.4 is 0 Å². The Morgan fingerprint density at radius 2 is 1.65 bits per heavy atom. The molecule has 0 aromatic rings. The van der Waals surface area contributed by atoms with Gasteiger partial charge in [-0.25, -0.2) is 0 Å². The average molecular weight is 288 g/mol. The molecule has 0 spiro atoms. The number of hydrogen-bond donors (Lipinski definition) is 1. The monoisotopic (exact) mass is 287 g/mol. The molecular weight excluding hydrogens is 262 g/mol. The zero-order valence-corrected chi connectivity index (χ0v) is 14.4. The predicted molar refractivity (Wildman–Crippen MR) is 81.5 cm³/mol. The summed E-state index contributed by atoms with van der Waals surface area (Å²) in [6, 6.07) is 3.62. The van der Waals surface area contributed by atoms with E-state index in [1.807, 2.05) is 0 Å². The van der Waals surface area contributed by atoms with Gasteiger partial charge >= 0.3 is 0 Å². The van der Waals surface area contributed by atoms with E-state index in [1.165, 1.54) is 18.5 Å². The Morgan fingerprint density at radius 3 is 2.06 bits per heavy atom. The van der Waals surface area contributed by atoms with Gasteiger partial charge in [0.1, 0.15) is 16.5 Å². The first-order valence-electron chi connectivity index (χ1n) is 6.76. The maximum Gasteiger partial charge on any atom is 0.189 e. The van der Waals surface area contributed by atoms with Crippen LogP contribution in [0.4, 0.5) is 0 Å². The van der Waals surface area contributed by atoms with Crippen molar-refractivity contribution >= 4 is 34.2 Å². The number of carbonyl (C=O) groups is 1. The molecule has 2 unspecified atom stereocenters. The van der Waals surface area contributed by atoms with Crippen LogP contribution in [0.2, 0.25) is 38.3 Å². The van der Waals surface area contributed by atoms with Crippen molar-refractivity contribution in [3.8, 4) is 0 Å². The summed E-state index contributed by atoms with van der Waals surface area (Å²) >= 11 is 4.03. The van der Waals surface area contributed by atoms with Gasteiger partial charge in [-0.15, -0.1) is 12.6 Å². The van der Waals surface area contributed by atoms with E-state index in [-0.39, 0.29) is 11.0 Å². The van der Waals surface area contributed by atoms with E-state index >= 15 is 0 Å². The second-order valence-corrected chi connectivity index (χ2v) is 17.1. The quantitative estimate of drug-likeness (QED) is 0.621. The fraction of sp³-hybridized carbons (Fsp3) is 0.917. The topological polar surface area (TPSA) is 20.3 Å². The summed E-state index contributed by atoms with van der Waals surface area (Å²) in [5, 5.41) is 0.116. The van der Waals surface area contributed by atoms with E-state index in [0.29, 0.717) is 6.04 Å². The summed E-state index contributed by atoms with van der Waals surface area (Å²) in [6.07, 6.45) is 3.37. The summed E-state index contributed by atoms with van der Waals surface area (Å²) in [5.41, 5.74) is 0. The molecule has 2 atom stereocenters. The highest BCUT2D eigenvalue weighted by atomic mass is 32.1. The van der Waals surface area contributed by atoms with E-state index < -0.39 is 16.5 Å². The van der Waals surface area contributed by atoms with Gasteiger partial charge in [-0.1, -0.05) is 26.2 Å². The Hall–Kier alpha value is 0.414. The molecule has 5 heteroatoms. The Labute approximate surface area is 113 Å². The first-order valence-corrected chi connectivity index (χ1v) is 13.5. The van der Waals surface area contributed by atoms with Gasteiger partial charge < -0.3 is 4.23 Å². The lowest BCUT2D eigenvalue weighted by Gasteiger charge is -2.43. The first kappa shape index (κ1) is 13.8. The fourth-order valence-electron chi connectivity index (χ4n) is 4.08. The summed E-state index contributed by atoms with van der Waals surface area (Å²) in [4.78, 5) is 11.4. The normalized spacial score (nSPS) is 36.3. The van der Waals surface area contributed by atoms with E-state index in [2.05, 4.69) is 43.0 Å². The lowest BCUT2D eigenvalue weighted by molar-refractivity contribution is -0.114. The van der Waals surface area contributed by atoms with Gasteiger partial charge in [0.15, 0.2) is 5.12 Å². The van der Waals surface area contributed by atoms with E-state index in [9.17, 15) is 4.79 Å². The van der Waals surface area contributed by atoms with Crippen LogP contribution >= 0.6 is 12.6 Å². The van der Waals surface area contributed by atoms with E-state index in [0.717, 1.165) is 12.8 Å². The zero-order chi connectivity index (χ0) is 12.8. The fourth-order valence-corrected chi connectivity index (χ4v) is 19.4.